The third-order valence-electron chi connectivity index (χ3n) is 5.66. The van der Waals surface area contributed by atoms with E-state index >= 15 is 0 Å². The molecule has 2 heterocycles. The summed E-state index contributed by atoms with van der Waals surface area (Å²) in [4.78, 5) is 18.5. The zero-order valence-electron chi connectivity index (χ0n) is 16.0. The van der Waals surface area contributed by atoms with Gasteiger partial charge in [0.2, 0.25) is 0 Å². The molecule has 1 aromatic heterocycles. The molecule has 1 aliphatic heterocycles. The SMILES string of the molecule is COc1ccc2[nH]c(-c3ccccc3)c(C[NH+]3CCCC(C)C3)c(=O)c2c1. The van der Waals surface area contributed by atoms with Gasteiger partial charge in [-0.2, -0.15) is 0 Å². The number of nitrogens with one attached hydrogen (secondary N) is 2. The molecule has 1 aliphatic rings. The Morgan fingerprint density at radius 1 is 1.19 bits per heavy atom. The van der Waals surface area contributed by atoms with Crippen molar-refractivity contribution in [3.05, 3.63) is 64.3 Å². The molecule has 0 aliphatic carbocycles. The highest BCUT2D eigenvalue weighted by Gasteiger charge is 2.24. The van der Waals surface area contributed by atoms with Gasteiger partial charge in [0.25, 0.3) is 0 Å². The smallest absolute Gasteiger partial charge is 0.199 e. The van der Waals surface area contributed by atoms with Crippen molar-refractivity contribution < 1.29 is 9.64 Å². The molecule has 0 spiro atoms. The molecule has 4 heteroatoms. The predicted octanol–water partition coefficient (Wildman–Crippen LogP) is 3.02. The van der Waals surface area contributed by atoms with Crippen molar-refractivity contribution in [1.29, 1.82) is 0 Å². The lowest BCUT2D eigenvalue weighted by molar-refractivity contribution is -0.922. The van der Waals surface area contributed by atoms with Gasteiger partial charge in [-0.15, -0.1) is 0 Å². The maximum absolute atomic E-state index is 13.5. The molecular weight excluding hydrogens is 336 g/mol. The third kappa shape index (κ3) is 3.62. The summed E-state index contributed by atoms with van der Waals surface area (Å²) in [6.07, 6.45) is 2.52. The van der Waals surface area contributed by atoms with Crippen LogP contribution in [-0.4, -0.2) is 25.2 Å². The van der Waals surface area contributed by atoms with Crippen molar-refractivity contribution in [1.82, 2.24) is 4.98 Å². The van der Waals surface area contributed by atoms with Crippen LogP contribution >= 0.6 is 0 Å². The van der Waals surface area contributed by atoms with E-state index in [-0.39, 0.29) is 5.43 Å². The molecule has 140 valence electrons. The van der Waals surface area contributed by atoms with Crippen LogP contribution in [0.15, 0.2) is 53.3 Å². The maximum Gasteiger partial charge on any atom is 0.199 e. The van der Waals surface area contributed by atoms with E-state index in [1.165, 1.54) is 17.7 Å². The topological polar surface area (TPSA) is 46.5 Å². The summed E-state index contributed by atoms with van der Waals surface area (Å²) in [5, 5.41) is 0.702. The Labute approximate surface area is 159 Å². The van der Waals surface area contributed by atoms with E-state index in [1.54, 1.807) is 7.11 Å². The third-order valence-corrected chi connectivity index (χ3v) is 5.66. The van der Waals surface area contributed by atoms with E-state index < -0.39 is 0 Å². The van der Waals surface area contributed by atoms with E-state index in [1.807, 2.05) is 36.4 Å². The summed E-state index contributed by atoms with van der Waals surface area (Å²) < 4.78 is 5.34. The van der Waals surface area contributed by atoms with Crippen LogP contribution in [-0.2, 0) is 6.54 Å². The van der Waals surface area contributed by atoms with Crippen LogP contribution < -0.4 is 15.1 Å². The van der Waals surface area contributed by atoms with Crippen LogP contribution in [0.2, 0.25) is 0 Å². The van der Waals surface area contributed by atoms with Crippen molar-refractivity contribution in [3.8, 4) is 17.0 Å². The van der Waals surface area contributed by atoms with E-state index in [0.717, 1.165) is 42.0 Å². The number of aromatic nitrogens is 1. The highest BCUT2D eigenvalue weighted by Crippen LogP contribution is 2.24. The first-order chi connectivity index (χ1) is 13.2. The lowest BCUT2D eigenvalue weighted by atomic mass is 9.98. The Kier molecular flexibility index (Phi) is 4.99. The van der Waals surface area contributed by atoms with Gasteiger partial charge in [-0.1, -0.05) is 37.3 Å². The van der Waals surface area contributed by atoms with E-state index in [2.05, 4.69) is 24.0 Å². The first kappa shape index (κ1) is 17.8. The van der Waals surface area contributed by atoms with Crippen molar-refractivity contribution in [3.63, 3.8) is 0 Å². The van der Waals surface area contributed by atoms with Gasteiger partial charge in [0.1, 0.15) is 12.3 Å². The summed E-state index contributed by atoms with van der Waals surface area (Å²) in [6.45, 7) is 5.34. The largest absolute Gasteiger partial charge is 0.497 e. The Balaban J connectivity index is 1.87. The predicted molar refractivity (Wildman–Crippen MR) is 109 cm³/mol. The fraction of sp³-hybridized carbons (Fsp3) is 0.348. The van der Waals surface area contributed by atoms with Crippen LogP contribution in [0.4, 0.5) is 0 Å². The van der Waals surface area contributed by atoms with Crippen LogP contribution in [0.1, 0.15) is 25.3 Å². The molecule has 4 nitrogen and oxygen atoms in total. The Bertz CT molecular complexity index is 994. The minimum Gasteiger partial charge on any atom is -0.497 e. The number of hydrogen-bond donors (Lipinski definition) is 2. The van der Waals surface area contributed by atoms with Crippen LogP contribution in [0.5, 0.6) is 5.75 Å². The average Bonchev–Trinajstić information content (AvgIpc) is 2.70. The highest BCUT2D eigenvalue weighted by molar-refractivity contribution is 5.84. The van der Waals surface area contributed by atoms with Gasteiger partial charge in [-0.25, -0.2) is 0 Å². The molecule has 0 radical (unpaired) electrons. The number of fused-ring (bicyclic) bond motifs is 1. The Morgan fingerprint density at radius 2 is 2.00 bits per heavy atom. The first-order valence-corrected chi connectivity index (χ1v) is 9.77. The zero-order valence-corrected chi connectivity index (χ0v) is 16.0. The standard InChI is InChI=1S/C23H26N2O2/c1-16-7-6-12-25(14-16)15-20-22(17-8-4-3-5-9-17)24-21-11-10-18(27-2)13-19(21)23(20)26/h3-5,8-11,13,16H,6-7,12,14-15H2,1-2H3,(H,24,26)/p+1. The second-order valence-electron chi connectivity index (χ2n) is 7.71. The summed E-state index contributed by atoms with van der Waals surface area (Å²) in [6, 6.07) is 15.9. The fourth-order valence-corrected chi connectivity index (χ4v) is 4.26. The van der Waals surface area contributed by atoms with Gasteiger partial charge in [-0.3, -0.25) is 4.79 Å². The van der Waals surface area contributed by atoms with Crippen molar-refractivity contribution in [2.75, 3.05) is 20.2 Å². The molecule has 3 aromatic rings. The molecular formula is C23H27N2O2+. The molecule has 1 fully saturated rings. The fourth-order valence-electron chi connectivity index (χ4n) is 4.26. The molecule has 1 saturated heterocycles. The molecule has 0 bridgehead atoms. The zero-order chi connectivity index (χ0) is 18.8. The minimum absolute atomic E-state index is 0.118. The van der Waals surface area contributed by atoms with Gasteiger partial charge in [0, 0.05) is 11.3 Å². The van der Waals surface area contributed by atoms with Crippen molar-refractivity contribution in [2.45, 2.75) is 26.3 Å². The minimum atomic E-state index is 0.118. The van der Waals surface area contributed by atoms with Gasteiger partial charge in [0.05, 0.1) is 37.0 Å². The van der Waals surface area contributed by atoms with Gasteiger partial charge in [-0.05, 0) is 36.6 Å². The molecule has 0 saturated carbocycles. The number of rotatable bonds is 4. The Hall–Kier alpha value is -2.59. The summed E-state index contributed by atoms with van der Waals surface area (Å²) in [7, 11) is 1.63. The summed E-state index contributed by atoms with van der Waals surface area (Å²) in [5.74, 6) is 1.43. The van der Waals surface area contributed by atoms with E-state index in [4.69, 9.17) is 4.74 Å². The lowest BCUT2D eigenvalue weighted by Crippen LogP contribution is -3.12. The van der Waals surface area contributed by atoms with Crippen LogP contribution in [0, 0.1) is 5.92 Å². The number of aromatic amines is 1. The summed E-state index contributed by atoms with van der Waals surface area (Å²) in [5.41, 5.74) is 3.86. The molecule has 4 rings (SSSR count). The number of H-pyrrole nitrogens is 1. The Morgan fingerprint density at radius 3 is 2.74 bits per heavy atom. The molecule has 27 heavy (non-hydrogen) atoms. The van der Waals surface area contributed by atoms with Crippen molar-refractivity contribution in [2.24, 2.45) is 5.92 Å². The van der Waals surface area contributed by atoms with Crippen LogP contribution in [0.3, 0.4) is 0 Å². The lowest BCUT2D eigenvalue weighted by Gasteiger charge is -2.28. The number of quaternary nitrogens is 1. The number of likely N-dealkylation sites (tertiary alicyclic amines) is 1. The highest BCUT2D eigenvalue weighted by atomic mass is 16.5. The maximum atomic E-state index is 13.5. The second kappa shape index (κ2) is 7.57. The van der Waals surface area contributed by atoms with Crippen molar-refractivity contribution >= 4 is 10.9 Å². The van der Waals surface area contributed by atoms with Gasteiger partial charge in [0.15, 0.2) is 5.43 Å². The number of pyridine rings is 1. The molecule has 2 N–H and O–H groups in total. The number of benzene rings is 2. The molecule has 0 amide bonds. The van der Waals surface area contributed by atoms with Gasteiger partial charge >= 0.3 is 0 Å². The molecule has 2 aromatic carbocycles. The quantitative estimate of drug-likeness (QED) is 0.749. The number of methoxy groups -OCH3 is 1. The molecule has 2 atom stereocenters. The molecule has 2 unspecified atom stereocenters. The van der Waals surface area contributed by atoms with E-state index in [9.17, 15) is 4.79 Å². The monoisotopic (exact) mass is 363 g/mol. The number of hydrogen-bond acceptors (Lipinski definition) is 2. The second-order valence-corrected chi connectivity index (χ2v) is 7.71. The normalized spacial score (nSPS) is 19.9. The number of ether oxygens (including phenoxy) is 1. The first-order valence-electron chi connectivity index (χ1n) is 9.77. The number of piperidine rings is 1. The summed E-state index contributed by atoms with van der Waals surface area (Å²) >= 11 is 0. The van der Waals surface area contributed by atoms with E-state index in [0.29, 0.717) is 17.1 Å². The van der Waals surface area contributed by atoms with Gasteiger partial charge < -0.3 is 14.6 Å². The van der Waals surface area contributed by atoms with Crippen LogP contribution in [0.25, 0.3) is 22.2 Å². The average molecular weight is 363 g/mol.